The summed E-state index contributed by atoms with van der Waals surface area (Å²) in [5.41, 5.74) is -1.37. The molecule has 3 aliphatic carbocycles. The number of hydrogen-bond donors (Lipinski definition) is 3. The van der Waals surface area contributed by atoms with Crippen LogP contribution in [0.3, 0.4) is 0 Å². The highest BCUT2D eigenvalue weighted by Crippen LogP contribution is 2.73. The zero-order valence-corrected chi connectivity index (χ0v) is 31.2. The Balaban J connectivity index is 1.54. The van der Waals surface area contributed by atoms with Crippen molar-refractivity contribution in [3.8, 4) is 0 Å². The lowest BCUT2D eigenvalue weighted by Gasteiger charge is -2.68. The molecule has 10 heteroatoms. The fourth-order valence-corrected chi connectivity index (χ4v) is 11.0. The van der Waals surface area contributed by atoms with Crippen molar-refractivity contribution in [1.82, 2.24) is 5.32 Å². The second-order valence-corrected chi connectivity index (χ2v) is 17.8. The fourth-order valence-electron chi connectivity index (χ4n) is 11.0. The first-order valence-electron chi connectivity index (χ1n) is 17.9. The van der Waals surface area contributed by atoms with Crippen LogP contribution in [0.2, 0.25) is 0 Å². The van der Waals surface area contributed by atoms with Crippen molar-refractivity contribution in [2.24, 2.45) is 39.9 Å². The summed E-state index contributed by atoms with van der Waals surface area (Å²) in [5.74, 6) is -0.934. The van der Waals surface area contributed by atoms with Crippen molar-refractivity contribution < 1.29 is 43.5 Å². The number of alkyl carbamates (subject to hydrolysis) is 1. The summed E-state index contributed by atoms with van der Waals surface area (Å²) < 4.78 is 31.2. The molecule has 2 aliphatic heterocycles. The predicted molar refractivity (Wildman–Crippen MR) is 181 cm³/mol. The van der Waals surface area contributed by atoms with E-state index in [0.29, 0.717) is 19.4 Å². The van der Waals surface area contributed by atoms with E-state index in [9.17, 15) is 19.8 Å². The van der Waals surface area contributed by atoms with Gasteiger partial charge >= 0.3 is 12.1 Å². The maximum atomic E-state index is 13.8. The third-order valence-corrected chi connectivity index (χ3v) is 12.7. The number of rotatable bonds is 8. The van der Waals surface area contributed by atoms with Gasteiger partial charge in [0.05, 0.1) is 36.6 Å². The van der Waals surface area contributed by atoms with Gasteiger partial charge in [0.15, 0.2) is 12.4 Å². The first kappa shape index (κ1) is 37.3. The summed E-state index contributed by atoms with van der Waals surface area (Å²) in [4.78, 5) is 26.5. The summed E-state index contributed by atoms with van der Waals surface area (Å²) in [6.45, 7) is 28.5. The molecule has 1 amide bonds. The van der Waals surface area contributed by atoms with Gasteiger partial charge in [-0.3, -0.25) is 0 Å². The van der Waals surface area contributed by atoms with Crippen LogP contribution >= 0.6 is 0 Å². The second kappa shape index (κ2) is 12.4. The lowest BCUT2D eigenvalue weighted by atomic mass is 9.44. The van der Waals surface area contributed by atoms with E-state index in [1.165, 1.54) is 0 Å². The van der Waals surface area contributed by atoms with Crippen LogP contribution < -0.4 is 5.32 Å². The third kappa shape index (κ3) is 5.75. The van der Waals surface area contributed by atoms with Crippen LogP contribution in [0.15, 0.2) is 23.8 Å². The maximum Gasteiger partial charge on any atom is 0.407 e. The highest BCUT2D eigenvalue weighted by Gasteiger charge is 2.75. The van der Waals surface area contributed by atoms with Gasteiger partial charge in [0.2, 0.25) is 0 Å². The van der Waals surface area contributed by atoms with Gasteiger partial charge < -0.3 is 39.2 Å². The monoisotopic (exact) mass is 675 g/mol. The molecule has 13 atom stereocenters. The normalized spacial score (nSPS) is 42.0. The Morgan fingerprint density at radius 1 is 1.12 bits per heavy atom. The zero-order valence-electron chi connectivity index (χ0n) is 31.2. The minimum atomic E-state index is -1.61. The summed E-state index contributed by atoms with van der Waals surface area (Å²) in [5, 5.41) is 26.4. The van der Waals surface area contributed by atoms with Crippen LogP contribution in [-0.2, 0) is 28.5 Å². The molecule has 10 nitrogen and oxygen atoms in total. The van der Waals surface area contributed by atoms with Crippen LogP contribution in [0, 0.1) is 39.9 Å². The maximum absolute atomic E-state index is 13.8. The first-order chi connectivity index (χ1) is 22.0. The van der Waals surface area contributed by atoms with Gasteiger partial charge in [0, 0.05) is 35.0 Å². The van der Waals surface area contributed by atoms with E-state index in [1.807, 2.05) is 34.6 Å². The molecule has 4 fully saturated rings. The molecule has 2 saturated heterocycles. The van der Waals surface area contributed by atoms with Crippen molar-refractivity contribution in [3.63, 3.8) is 0 Å². The van der Waals surface area contributed by atoms with Gasteiger partial charge in [-0.25, -0.2) is 9.59 Å². The van der Waals surface area contributed by atoms with Gasteiger partial charge in [-0.15, -0.1) is 0 Å². The van der Waals surface area contributed by atoms with E-state index < -0.39 is 53.2 Å². The molecule has 0 aromatic heterocycles. The Hall–Kier alpha value is -1.98. The van der Waals surface area contributed by atoms with E-state index >= 15 is 0 Å². The number of carbonyl (C=O) groups excluding carboxylic acids is 2. The number of hydrogen-bond acceptors (Lipinski definition) is 9. The molecule has 0 bridgehead atoms. The lowest BCUT2D eigenvalue weighted by molar-refractivity contribution is -0.370. The van der Waals surface area contributed by atoms with Gasteiger partial charge in [0.25, 0.3) is 0 Å². The van der Waals surface area contributed by atoms with Crippen molar-refractivity contribution >= 4 is 12.1 Å². The molecule has 2 saturated carbocycles. The van der Waals surface area contributed by atoms with Crippen molar-refractivity contribution in [3.05, 3.63) is 23.8 Å². The predicted octanol–water partition coefficient (Wildman–Crippen LogP) is 5.69. The first-order valence-corrected chi connectivity index (χ1v) is 17.9. The minimum absolute atomic E-state index is 0.0218. The summed E-state index contributed by atoms with van der Waals surface area (Å²) >= 11 is 0. The van der Waals surface area contributed by atoms with Gasteiger partial charge in [0.1, 0.15) is 11.7 Å². The molecule has 0 radical (unpaired) electrons. The third-order valence-electron chi connectivity index (χ3n) is 12.7. The van der Waals surface area contributed by atoms with Crippen LogP contribution in [0.4, 0.5) is 4.79 Å². The number of nitrogens with one attached hydrogen (secondary N) is 1. The molecule has 1 unspecified atom stereocenters. The Bertz CT molecular complexity index is 1310. The van der Waals surface area contributed by atoms with Gasteiger partial charge in [-0.1, -0.05) is 53.7 Å². The van der Waals surface area contributed by atoms with Crippen LogP contribution in [0.1, 0.15) is 102 Å². The molecule has 2 heterocycles. The molecule has 5 aliphatic rings. The van der Waals surface area contributed by atoms with Crippen molar-refractivity contribution in [2.75, 3.05) is 6.61 Å². The van der Waals surface area contributed by atoms with Crippen LogP contribution in [-0.4, -0.2) is 82.9 Å². The number of esters is 1. The summed E-state index contributed by atoms with van der Waals surface area (Å²) in [6.07, 6.45) is -0.775. The Morgan fingerprint density at radius 3 is 2.29 bits per heavy atom. The number of amides is 1. The largest absolute Gasteiger partial charge is 0.456 e. The Kier molecular flexibility index (Phi) is 9.60. The number of fused-ring (bicyclic) bond motifs is 3. The lowest BCUT2D eigenvalue weighted by Crippen LogP contribution is -2.73. The molecular weight excluding hydrogens is 614 g/mol. The summed E-state index contributed by atoms with van der Waals surface area (Å²) in [6, 6.07) is -0.907. The molecular formula is C38H61NO9. The quantitative estimate of drug-likeness (QED) is 0.219. The SMILES string of the molecule is C=CC1O[C@H]2C[C@H]3OC[C@@]3(C)[C@H]3[C@H](C)[C@]4(C(C)(C)O)C[C@H](OC(=O)[C@H](O)[C@H](CC(C)C)NC(=O)OC(C)(C)C)C(C)=C4[C@H](C)[C@H](O1)[C@]23C. The molecule has 0 aromatic carbocycles. The van der Waals surface area contributed by atoms with E-state index in [2.05, 4.69) is 39.6 Å². The molecule has 272 valence electrons. The zero-order chi connectivity index (χ0) is 35.9. The topological polar surface area (TPSA) is 133 Å². The van der Waals surface area contributed by atoms with Gasteiger partial charge in [-0.05, 0) is 77.4 Å². The highest BCUT2D eigenvalue weighted by atomic mass is 16.7. The molecule has 0 aromatic rings. The number of carbonyl (C=O) groups is 2. The van der Waals surface area contributed by atoms with Gasteiger partial charge in [-0.2, -0.15) is 0 Å². The van der Waals surface area contributed by atoms with Crippen molar-refractivity contribution in [2.45, 2.75) is 156 Å². The number of aliphatic hydroxyl groups is 2. The fraction of sp³-hybridized carbons (Fsp3) is 0.842. The molecule has 5 rings (SSSR count). The smallest absolute Gasteiger partial charge is 0.407 e. The van der Waals surface area contributed by atoms with Crippen LogP contribution in [0.25, 0.3) is 0 Å². The summed E-state index contributed by atoms with van der Waals surface area (Å²) in [7, 11) is 0. The number of aliphatic hydroxyl groups excluding tert-OH is 1. The van der Waals surface area contributed by atoms with E-state index in [1.54, 1.807) is 26.8 Å². The average molecular weight is 676 g/mol. The average Bonchev–Trinajstić information content (AvgIpc) is 3.22. The Labute approximate surface area is 287 Å². The highest BCUT2D eigenvalue weighted by molar-refractivity contribution is 5.77. The Morgan fingerprint density at radius 2 is 1.77 bits per heavy atom. The van der Waals surface area contributed by atoms with E-state index in [-0.39, 0.29) is 52.8 Å². The van der Waals surface area contributed by atoms with E-state index in [4.69, 9.17) is 23.7 Å². The second-order valence-electron chi connectivity index (χ2n) is 17.8. The van der Waals surface area contributed by atoms with E-state index in [0.717, 1.165) is 17.6 Å². The minimum Gasteiger partial charge on any atom is -0.456 e. The molecule has 48 heavy (non-hydrogen) atoms. The molecule has 0 spiro atoms. The standard InChI is InChI=1S/C38H61NO9/c1-14-27-46-26-16-25-36(12,18-44-25)30-22(6)38(35(10,11)43)17-24(20(4)28(38)21(5)31(47-27)37(26,30)13)45-32(41)29(40)23(15-19(2)3)39-33(42)48-34(7,8)9/h14,19,21-27,29-31,40,43H,1,15-18H2,2-13H3,(H,39,42)/t21-,22-,23-,24-,25+,26-,27?,29+,30+,31-,36+,37+,38+/m0/s1. The van der Waals surface area contributed by atoms with Crippen LogP contribution in [0.5, 0.6) is 0 Å². The number of ether oxygens (including phenoxy) is 5. The van der Waals surface area contributed by atoms with Crippen molar-refractivity contribution in [1.29, 1.82) is 0 Å². The molecule has 3 N–H and O–H groups in total.